The number of rotatable bonds is 5. The van der Waals surface area contributed by atoms with Crippen LogP contribution in [-0.2, 0) is 9.53 Å². The molecule has 1 heterocycles. The van der Waals surface area contributed by atoms with Gasteiger partial charge in [-0.1, -0.05) is 0 Å². The van der Waals surface area contributed by atoms with E-state index in [-0.39, 0.29) is 18.0 Å². The predicted molar refractivity (Wildman–Crippen MR) is 77.2 cm³/mol. The number of aliphatic carboxylic acids is 1. The molecule has 0 aromatic rings. The Bertz CT molecular complexity index is 409. The third-order valence-corrected chi connectivity index (χ3v) is 4.49. The number of carboxylic acid groups (broad SMARTS) is 1. The molecule has 2 aliphatic rings. The van der Waals surface area contributed by atoms with Crippen LogP contribution in [0.3, 0.4) is 0 Å². The molecule has 1 saturated carbocycles. The van der Waals surface area contributed by atoms with Crippen LogP contribution in [-0.4, -0.2) is 78.4 Å². The fourth-order valence-electron chi connectivity index (χ4n) is 2.63. The van der Waals surface area contributed by atoms with Gasteiger partial charge < -0.3 is 20.1 Å². The van der Waals surface area contributed by atoms with Crippen molar-refractivity contribution in [3.05, 3.63) is 0 Å². The lowest BCUT2D eigenvalue weighted by Gasteiger charge is -2.28. The number of morpholine rings is 1. The second-order valence-electron chi connectivity index (χ2n) is 6.23. The Hall–Kier alpha value is -1.34. The second kappa shape index (κ2) is 6.19. The lowest BCUT2D eigenvalue weighted by Crippen LogP contribution is -2.52. The third-order valence-electron chi connectivity index (χ3n) is 4.49. The van der Waals surface area contributed by atoms with Crippen molar-refractivity contribution in [3.8, 4) is 0 Å². The molecule has 0 aromatic carbocycles. The lowest BCUT2D eigenvalue weighted by atomic mass is 10.2. The van der Waals surface area contributed by atoms with Gasteiger partial charge in [0.25, 0.3) is 0 Å². The van der Waals surface area contributed by atoms with E-state index >= 15 is 0 Å². The summed E-state index contributed by atoms with van der Waals surface area (Å²) in [5, 5.41) is 12.2. The molecule has 0 radical (unpaired) electrons. The minimum atomic E-state index is -1.10. The molecule has 0 bridgehead atoms. The fraction of sp³-hybridized carbons (Fsp3) is 0.857. The molecule has 2 rings (SSSR count). The number of ether oxygens (including phenoxy) is 1. The average Bonchev–Trinajstić information content (AvgIpc) is 3.12. The summed E-state index contributed by atoms with van der Waals surface area (Å²) in [7, 11) is 1.68. The minimum Gasteiger partial charge on any atom is -0.479 e. The number of hydrogen-bond acceptors (Lipinski definition) is 4. The zero-order valence-electron chi connectivity index (χ0n) is 13.0. The third kappa shape index (κ3) is 3.47. The number of amides is 2. The number of nitrogens with one attached hydrogen (secondary N) is 1. The Labute approximate surface area is 125 Å². The molecule has 2 unspecified atom stereocenters. The van der Waals surface area contributed by atoms with Gasteiger partial charge in [0.1, 0.15) is 5.54 Å². The number of nitrogens with zero attached hydrogens (tertiary/aromatic N) is 2. The van der Waals surface area contributed by atoms with Gasteiger partial charge in [-0.3, -0.25) is 4.90 Å². The average molecular weight is 299 g/mol. The van der Waals surface area contributed by atoms with Crippen LogP contribution >= 0.6 is 0 Å². The van der Waals surface area contributed by atoms with Crippen LogP contribution in [0.4, 0.5) is 4.79 Å². The molecule has 7 heteroatoms. The Morgan fingerprint density at radius 1 is 1.43 bits per heavy atom. The zero-order chi connectivity index (χ0) is 15.6. The maximum atomic E-state index is 12.1. The van der Waals surface area contributed by atoms with Crippen LogP contribution in [0, 0.1) is 5.92 Å². The van der Waals surface area contributed by atoms with Gasteiger partial charge in [0.05, 0.1) is 13.2 Å². The molecule has 1 aliphatic carbocycles. The highest BCUT2D eigenvalue weighted by molar-refractivity contribution is 5.89. The summed E-state index contributed by atoms with van der Waals surface area (Å²) < 4.78 is 5.29. The van der Waals surface area contributed by atoms with Crippen LogP contribution in [0.5, 0.6) is 0 Å². The lowest BCUT2D eigenvalue weighted by molar-refractivity contribution is -0.141. The number of carbonyl (C=O) groups excluding carboxylic acids is 1. The van der Waals surface area contributed by atoms with Gasteiger partial charge in [0.15, 0.2) is 0 Å². The van der Waals surface area contributed by atoms with Crippen LogP contribution in [0.1, 0.15) is 20.3 Å². The van der Waals surface area contributed by atoms with Gasteiger partial charge in [-0.05, 0) is 20.3 Å². The van der Waals surface area contributed by atoms with E-state index < -0.39 is 11.5 Å². The Balaban J connectivity index is 1.93. The predicted octanol–water partition coefficient (Wildman–Crippen LogP) is 0.212. The highest BCUT2D eigenvalue weighted by Gasteiger charge is 2.62. The summed E-state index contributed by atoms with van der Waals surface area (Å²) in [6.45, 7) is 7.51. The first-order valence-corrected chi connectivity index (χ1v) is 7.45. The van der Waals surface area contributed by atoms with E-state index in [1.807, 2.05) is 13.8 Å². The minimum absolute atomic E-state index is 0.0300. The van der Waals surface area contributed by atoms with Crippen molar-refractivity contribution in [1.82, 2.24) is 15.1 Å². The van der Waals surface area contributed by atoms with E-state index in [0.717, 1.165) is 13.1 Å². The van der Waals surface area contributed by atoms with Gasteiger partial charge >= 0.3 is 12.0 Å². The summed E-state index contributed by atoms with van der Waals surface area (Å²) in [6.07, 6.45) is 0.497. The van der Waals surface area contributed by atoms with Crippen molar-refractivity contribution in [3.63, 3.8) is 0 Å². The SMILES string of the molecule is CC(C)N(C)C(=O)NC1(C(=O)O)CC1CN1CCOCC1. The van der Waals surface area contributed by atoms with Gasteiger partial charge in [0.2, 0.25) is 0 Å². The molecule has 0 aromatic heterocycles. The highest BCUT2D eigenvalue weighted by Crippen LogP contribution is 2.44. The molecule has 7 nitrogen and oxygen atoms in total. The number of urea groups is 1. The zero-order valence-corrected chi connectivity index (χ0v) is 13.0. The molecule has 2 N–H and O–H groups in total. The van der Waals surface area contributed by atoms with Crippen LogP contribution in [0.15, 0.2) is 0 Å². The van der Waals surface area contributed by atoms with Gasteiger partial charge in [-0.2, -0.15) is 0 Å². The molecule has 2 fully saturated rings. The molecule has 2 atom stereocenters. The van der Waals surface area contributed by atoms with Gasteiger partial charge in [-0.15, -0.1) is 0 Å². The van der Waals surface area contributed by atoms with Crippen molar-refractivity contribution in [2.45, 2.75) is 31.8 Å². The molecule has 120 valence electrons. The second-order valence-corrected chi connectivity index (χ2v) is 6.23. The fourth-order valence-corrected chi connectivity index (χ4v) is 2.63. The van der Waals surface area contributed by atoms with Crippen LogP contribution in [0.25, 0.3) is 0 Å². The van der Waals surface area contributed by atoms with Crippen molar-refractivity contribution in [1.29, 1.82) is 0 Å². The first-order chi connectivity index (χ1) is 9.86. The maximum Gasteiger partial charge on any atom is 0.329 e. The normalized spacial score (nSPS) is 29.2. The Kier molecular flexibility index (Phi) is 4.73. The van der Waals surface area contributed by atoms with Crippen molar-refractivity contribution in [2.75, 3.05) is 39.9 Å². The molecular formula is C14H25N3O4. The van der Waals surface area contributed by atoms with Gasteiger partial charge in [-0.25, -0.2) is 9.59 Å². The smallest absolute Gasteiger partial charge is 0.329 e. The van der Waals surface area contributed by atoms with E-state index in [1.54, 1.807) is 7.05 Å². The molecule has 1 aliphatic heterocycles. The van der Waals surface area contributed by atoms with Crippen molar-refractivity contribution in [2.24, 2.45) is 5.92 Å². The maximum absolute atomic E-state index is 12.1. The topological polar surface area (TPSA) is 82.1 Å². The highest BCUT2D eigenvalue weighted by atomic mass is 16.5. The number of hydrogen-bond donors (Lipinski definition) is 2. The summed E-state index contributed by atoms with van der Waals surface area (Å²) in [5.41, 5.74) is -1.10. The molecular weight excluding hydrogens is 274 g/mol. The molecule has 2 amide bonds. The van der Waals surface area contributed by atoms with Crippen molar-refractivity contribution >= 4 is 12.0 Å². The monoisotopic (exact) mass is 299 g/mol. The summed E-state index contributed by atoms with van der Waals surface area (Å²) >= 11 is 0. The van der Waals surface area contributed by atoms with E-state index in [2.05, 4.69) is 10.2 Å². The van der Waals surface area contributed by atoms with Gasteiger partial charge in [0, 0.05) is 38.6 Å². The van der Waals surface area contributed by atoms with E-state index in [0.29, 0.717) is 26.2 Å². The summed E-state index contributed by atoms with van der Waals surface area (Å²) in [5.74, 6) is -0.969. The van der Waals surface area contributed by atoms with Crippen LogP contribution in [0.2, 0.25) is 0 Å². The first kappa shape index (κ1) is 16.0. The van der Waals surface area contributed by atoms with Crippen molar-refractivity contribution < 1.29 is 19.4 Å². The molecule has 0 spiro atoms. The van der Waals surface area contributed by atoms with Crippen LogP contribution < -0.4 is 5.32 Å². The van der Waals surface area contributed by atoms with E-state index in [4.69, 9.17) is 4.74 Å². The summed E-state index contributed by atoms with van der Waals surface area (Å²) in [6, 6.07) is -0.288. The number of carbonyl (C=O) groups is 2. The largest absolute Gasteiger partial charge is 0.479 e. The molecule has 21 heavy (non-hydrogen) atoms. The van der Waals surface area contributed by atoms with E-state index in [9.17, 15) is 14.7 Å². The number of carboxylic acids is 1. The Morgan fingerprint density at radius 2 is 2.05 bits per heavy atom. The molecule has 1 saturated heterocycles. The van der Waals surface area contributed by atoms with E-state index in [1.165, 1.54) is 4.90 Å². The summed E-state index contributed by atoms with van der Waals surface area (Å²) in [4.78, 5) is 27.4. The standard InChI is InChI=1S/C14H25N3O4/c1-10(2)16(3)13(20)15-14(12(18)19)8-11(14)9-17-4-6-21-7-5-17/h10-11H,4-9H2,1-3H3,(H,15,20)(H,18,19). The Morgan fingerprint density at radius 3 is 2.57 bits per heavy atom. The quantitative estimate of drug-likeness (QED) is 0.758. The first-order valence-electron chi connectivity index (χ1n) is 7.45.